The molecule has 2 unspecified atom stereocenters. The van der Waals surface area contributed by atoms with Crippen LogP contribution in [0.2, 0.25) is 19.6 Å². The maximum Gasteiger partial charge on any atom is 0.177 e. The van der Waals surface area contributed by atoms with Crippen molar-refractivity contribution in [3.8, 4) is 0 Å². The molecule has 0 nitrogen and oxygen atoms in total. The summed E-state index contributed by atoms with van der Waals surface area (Å²) in [4.78, 5) is 0. The third-order valence-electron chi connectivity index (χ3n) is 5.86. The van der Waals surface area contributed by atoms with Crippen molar-refractivity contribution in [3.05, 3.63) is 91.0 Å². The van der Waals surface area contributed by atoms with E-state index in [2.05, 4.69) is 111 Å². The van der Waals surface area contributed by atoms with E-state index in [1.165, 1.54) is 15.6 Å². The van der Waals surface area contributed by atoms with Crippen LogP contribution in [-0.4, -0.2) is 20.9 Å². The maximum absolute atomic E-state index is 7.59. The Hall–Kier alpha value is -1.11. The third kappa shape index (κ3) is 3.16. The molecule has 0 fully saturated rings. The summed E-state index contributed by atoms with van der Waals surface area (Å²) in [6.45, 7) is 2.34. The first-order chi connectivity index (χ1) is 12.3. The molecule has 0 aromatic heterocycles. The Morgan fingerprint density at radius 2 is 0.731 bits per heavy atom. The molecule has 2 atom stereocenters. The molecule has 5 heteroatoms. The molecule has 0 saturated heterocycles. The van der Waals surface area contributed by atoms with Gasteiger partial charge in [0.15, 0.2) is 13.8 Å². The maximum atomic E-state index is 7.59. The molecule has 0 bridgehead atoms. The summed E-state index contributed by atoms with van der Waals surface area (Å²) < 4.78 is 0. The van der Waals surface area contributed by atoms with Crippen molar-refractivity contribution >= 4 is 58.6 Å². The van der Waals surface area contributed by atoms with Gasteiger partial charge in [-0.05, 0) is 10.4 Å². The molecule has 3 aromatic carbocycles. The predicted octanol–water partition coefficient (Wildman–Crippen LogP) is 4.57. The zero-order valence-electron chi connectivity index (χ0n) is 15.4. The Kier molecular flexibility index (Phi) is 5.66. The standard InChI is InChI=1S/C21H24Cl2Si3/c1-24(22,19-13-7-4-8-14-19)26(3,21-17-11-6-12-18-21)25(2,23)20-15-9-5-10-16-20/h4-18H,1-3H3. The highest BCUT2D eigenvalue weighted by Crippen LogP contribution is 2.34. The molecule has 0 saturated carbocycles. The summed E-state index contributed by atoms with van der Waals surface area (Å²) in [6.07, 6.45) is 0. The first-order valence-electron chi connectivity index (χ1n) is 8.86. The Morgan fingerprint density at radius 3 is 1.04 bits per heavy atom. The summed E-state index contributed by atoms with van der Waals surface area (Å²) in [7, 11) is -2.25. The van der Waals surface area contributed by atoms with E-state index in [0.29, 0.717) is 0 Å². The van der Waals surface area contributed by atoms with Crippen LogP contribution >= 0.6 is 22.2 Å². The second kappa shape index (κ2) is 7.49. The summed E-state index contributed by atoms with van der Waals surface area (Å²) in [5.41, 5.74) is 0. The van der Waals surface area contributed by atoms with Crippen LogP contribution in [0.15, 0.2) is 91.0 Å². The van der Waals surface area contributed by atoms with Crippen molar-refractivity contribution in [3.63, 3.8) is 0 Å². The van der Waals surface area contributed by atoms with Gasteiger partial charge in [-0.3, -0.25) is 0 Å². The van der Waals surface area contributed by atoms with Crippen LogP contribution in [0.25, 0.3) is 0 Å². The molecule has 0 N–H and O–H groups in total. The lowest BCUT2D eigenvalue weighted by atomic mass is 10.4. The van der Waals surface area contributed by atoms with E-state index in [1.54, 1.807) is 0 Å². The van der Waals surface area contributed by atoms with Crippen LogP contribution in [0.4, 0.5) is 0 Å². The monoisotopic (exact) mass is 430 g/mol. The van der Waals surface area contributed by atoms with E-state index >= 15 is 0 Å². The summed E-state index contributed by atoms with van der Waals surface area (Å²) >= 11 is 15.2. The van der Waals surface area contributed by atoms with Crippen LogP contribution in [0.5, 0.6) is 0 Å². The number of rotatable bonds is 5. The van der Waals surface area contributed by atoms with Gasteiger partial charge in [0, 0.05) is 0 Å². The van der Waals surface area contributed by atoms with Crippen molar-refractivity contribution in [2.45, 2.75) is 19.6 Å². The molecule has 134 valence electrons. The minimum Gasteiger partial charge on any atom is -0.165 e. The molecule has 0 aliphatic carbocycles. The average Bonchev–Trinajstić information content (AvgIpc) is 2.69. The van der Waals surface area contributed by atoms with Crippen LogP contribution in [0, 0.1) is 0 Å². The number of benzene rings is 3. The SMILES string of the molecule is C[Si](Cl)(c1ccccc1)[Si](C)(c1ccccc1)[Si](C)(Cl)c1ccccc1. The van der Waals surface area contributed by atoms with E-state index in [1.807, 2.05) is 0 Å². The highest BCUT2D eigenvalue weighted by Gasteiger charge is 2.62. The van der Waals surface area contributed by atoms with Gasteiger partial charge in [-0.1, -0.05) is 116 Å². The molecule has 0 radical (unpaired) electrons. The Balaban J connectivity index is 2.28. The van der Waals surface area contributed by atoms with Gasteiger partial charge in [0.05, 0.1) is 0 Å². The first-order valence-corrected chi connectivity index (χ1v) is 20.4. The minimum absolute atomic E-state index is 1.29. The lowest BCUT2D eigenvalue weighted by molar-refractivity contribution is 1.72. The molecular weight excluding hydrogens is 407 g/mol. The summed E-state index contributed by atoms with van der Waals surface area (Å²) in [5, 5.41) is 3.95. The largest absolute Gasteiger partial charge is 0.177 e. The van der Waals surface area contributed by atoms with Gasteiger partial charge in [-0.15, -0.1) is 0 Å². The second-order valence-corrected chi connectivity index (χ2v) is 35.2. The predicted molar refractivity (Wildman–Crippen MR) is 125 cm³/mol. The lowest BCUT2D eigenvalue weighted by Gasteiger charge is -2.47. The van der Waals surface area contributed by atoms with E-state index < -0.39 is 20.9 Å². The van der Waals surface area contributed by atoms with Gasteiger partial charge >= 0.3 is 0 Å². The van der Waals surface area contributed by atoms with Gasteiger partial charge in [0.1, 0.15) is 7.11 Å². The fraction of sp³-hybridized carbons (Fsp3) is 0.143. The van der Waals surface area contributed by atoms with E-state index in [4.69, 9.17) is 22.2 Å². The van der Waals surface area contributed by atoms with E-state index in [0.717, 1.165) is 0 Å². The Bertz CT molecular complexity index is 799. The fourth-order valence-corrected chi connectivity index (χ4v) is 45.6. The Morgan fingerprint density at radius 1 is 0.462 bits per heavy atom. The van der Waals surface area contributed by atoms with Crippen molar-refractivity contribution in [1.29, 1.82) is 0 Å². The van der Waals surface area contributed by atoms with Crippen molar-refractivity contribution < 1.29 is 0 Å². The van der Waals surface area contributed by atoms with E-state index in [-0.39, 0.29) is 0 Å². The van der Waals surface area contributed by atoms with Crippen molar-refractivity contribution in [1.82, 2.24) is 0 Å². The summed E-state index contributed by atoms with van der Waals surface area (Å²) in [6, 6.07) is 32.1. The average molecular weight is 432 g/mol. The number of halogens is 2. The van der Waals surface area contributed by atoms with Gasteiger partial charge in [-0.2, -0.15) is 22.2 Å². The number of hydrogen-bond acceptors (Lipinski definition) is 0. The molecule has 0 spiro atoms. The van der Waals surface area contributed by atoms with Gasteiger partial charge < -0.3 is 0 Å². The molecule has 0 aliphatic rings. The minimum atomic E-state index is -2.35. The highest BCUT2D eigenvalue weighted by atomic mass is 35.6. The quantitative estimate of drug-likeness (QED) is 0.410. The molecule has 0 amide bonds. The zero-order valence-corrected chi connectivity index (χ0v) is 19.9. The van der Waals surface area contributed by atoms with Gasteiger partial charge in [0.25, 0.3) is 0 Å². The third-order valence-corrected chi connectivity index (χ3v) is 48.6. The zero-order chi connectivity index (χ0) is 18.8. The molecule has 3 rings (SSSR count). The normalized spacial score (nSPS) is 18.3. The summed E-state index contributed by atoms with van der Waals surface area (Å²) in [5.74, 6) is 0. The van der Waals surface area contributed by atoms with Gasteiger partial charge in [-0.25, -0.2) is 0 Å². The first kappa shape index (κ1) is 19.6. The number of hydrogen-bond donors (Lipinski definition) is 0. The Labute approximate surface area is 168 Å². The van der Waals surface area contributed by atoms with Crippen LogP contribution in [-0.2, 0) is 0 Å². The van der Waals surface area contributed by atoms with Crippen LogP contribution in [0.1, 0.15) is 0 Å². The molecular formula is C21H24Cl2Si3. The molecule has 0 heterocycles. The van der Waals surface area contributed by atoms with E-state index in [9.17, 15) is 0 Å². The topological polar surface area (TPSA) is 0 Å². The van der Waals surface area contributed by atoms with Crippen molar-refractivity contribution in [2.75, 3.05) is 0 Å². The van der Waals surface area contributed by atoms with Gasteiger partial charge in [0.2, 0.25) is 0 Å². The second-order valence-electron chi connectivity index (χ2n) is 7.23. The molecule has 3 aromatic rings. The molecule has 0 aliphatic heterocycles. The van der Waals surface area contributed by atoms with Crippen LogP contribution in [0.3, 0.4) is 0 Å². The smallest absolute Gasteiger partial charge is 0.165 e. The lowest BCUT2D eigenvalue weighted by Crippen LogP contribution is -2.83. The van der Waals surface area contributed by atoms with Crippen LogP contribution < -0.4 is 15.6 Å². The van der Waals surface area contributed by atoms with Crippen molar-refractivity contribution in [2.24, 2.45) is 0 Å². The molecule has 26 heavy (non-hydrogen) atoms. The fourth-order valence-electron chi connectivity index (χ4n) is 3.83. The highest BCUT2D eigenvalue weighted by molar-refractivity contribution is 7.91.